The number of unbranched alkanes of at least 4 members (excludes halogenated alkanes) is 35. The first kappa shape index (κ1) is 61.4. The van der Waals surface area contributed by atoms with Gasteiger partial charge in [-0.3, -0.25) is 14.4 Å². The van der Waals surface area contributed by atoms with E-state index in [4.69, 9.17) is 14.2 Å². The Bertz CT molecular complexity index is 964. The minimum absolute atomic E-state index is 0.0629. The van der Waals surface area contributed by atoms with Gasteiger partial charge in [-0.1, -0.05) is 279 Å². The van der Waals surface area contributed by atoms with E-state index < -0.39 is 6.10 Å². The lowest BCUT2D eigenvalue weighted by molar-refractivity contribution is -0.167. The molecule has 0 aliphatic carbocycles. The lowest BCUT2D eigenvalue weighted by Gasteiger charge is -2.18. The standard InChI is InChI=1S/C57H110O6/c1-6-8-9-10-11-12-13-14-18-21-27-32-37-42-47-55(58)61-50-54(51-62-56(59)48-43-38-33-28-24-23-25-30-35-40-45-52(3)4)63-57(60)49-44-39-34-29-22-19-16-15-17-20-26-31-36-41-46-53(5)7-2/h52-54H,6-51H2,1-5H3/t53?,54-/m0/s1. The topological polar surface area (TPSA) is 78.9 Å². The number of ether oxygens (including phenoxy) is 3. The predicted octanol–water partition coefficient (Wildman–Crippen LogP) is 18.5. The van der Waals surface area contributed by atoms with Gasteiger partial charge in [0.25, 0.3) is 0 Å². The van der Waals surface area contributed by atoms with Gasteiger partial charge in [0.1, 0.15) is 13.2 Å². The maximum absolute atomic E-state index is 12.8. The van der Waals surface area contributed by atoms with Crippen molar-refractivity contribution in [2.24, 2.45) is 11.8 Å². The smallest absolute Gasteiger partial charge is 0.306 e. The highest BCUT2D eigenvalue weighted by molar-refractivity contribution is 5.71. The molecule has 0 heterocycles. The van der Waals surface area contributed by atoms with E-state index in [1.165, 1.54) is 205 Å². The molecule has 374 valence electrons. The van der Waals surface area contributed by atoms with Crippen LogP contribution in [0.15, 0.2) is 0 Å². The molecule has 0 aliphatic rings. The Balaban J connectivity index is 4.30. The van der Waals surface area contributed by atoms with Crippen LogP contribution in [0.4, 0.5) is 0 Å². The van der Waals surface area contributed by atoms with Crippen LogP contribution in [0, 0.1) is 11.8 Å². The van der Waals surface area contributed by atoms with Crippen LogP contribution in [-0.4, -0.2) is 37.2 Å². The fourth-order valence-corrected chi connectivity index (χ4v) is 8.66. The Morgan fingerprint density at radius 1 is 0.333 bits per heavy atom. The summed E-state index contributed by atoms with van der Waals surface area (Å²) >= 11 is 0. The molecule has 6 nitrogen and oxygen atoms in total. The first-order chi connectivity index (χ1) is 30.8. The highest BCUT2D eigenvalue weighted by atomic mass is 16.6. The van der Waals surface area contributed by atoms with E-state index >= 15 is 0 Å². The van der Waals surface area contributed by atoms with Crippen molar-refractivity contribution >= 4 is 17.9 Å². The molecule has 0 aromatic heterocycles. The fourth-order valence-electron chi connectivity index (χ4n) is 8.66. The molecule has 0 aliphatic heterocycles. The number of rotatable bonds is 51. The van der Waals surface area contributed by atoms with Gasteiger partial charge < -0.3 is 14.2 Å². The molecule has 0 aromatic rings. The van der Waals surface area contributed by atoms with E-state index in [2.05, 4.69) is 34.6 Å². The van der Waals surface area contributed by atoms with Crippen molar-refractivity contribution in [3.8, 4) is 0 Å². The van der Waals surface area contributed by atoms with Crippen molar-refractivity contribution < 1.29 is 28.6 Å². The quantitative estimate of drug-likeness (QED) is 0.0344. The minimum atomic E-state index is -0.762. The van der Waals surface area contributed by atoms with Crippen LogP contribution in [0.2, 0.25) is 0 Å². The number of hydrogen-bond donors (Lipinski definition) is 0. The van der Waals surface area contributed by atoms with Crippen molar-refractivity contribution in [2.75, 3.05) is 13.2 Å². The Morgan fingerprint density at radius 2 is 0.603 bits per heavy atom. The lowest BCUT2D eigenvalue weighted by atomic mass is 9.99. The average Bonchev–Trinajstić information content (AvgIpc) is 3.27. The molecule has 0 aromatic carbocycles. The molecule has 0 bridgehead atoms. The van der Waals surface area contributed by atoms with E-state index in [0.717, 1.165) is 69.6 Å². The van der Waals surface area contributed by atoms with Crippen LogP contribution < -0.4 is 0 Å². The van der Waals surface area contributed by atoms with Gasteiger partial charge in [-0.2, -0.15) is 0 Å². The molecule has 1 unspecified atom stereocenters. The SMILES string of the molecule is CCCCCCCCCCCCCCCCC(=O)OC[C@@H](COC(=O)CCCCCCCCCCCCC(C)C)OC(=O)CCCCCCCCCCCCCCCCC(C)CC. The number of esters is 3. The minimum Gasteiger partial charge on any atom is -0.462 e. The first-order valence-electron chi connectivity index (χ1n) is 28.3. The molecule has 63 heavy (non-hydrogen) atoms. The van der Waals surface area contributed by atoms with Crippen molar-refractivity contribution in [3.63, 3.8) is 0 Å². The van der Waals surface area contributed by atoms with E-state index in [-0.39, 0.29) is 31.1 Å². The zero-order valence-corrected chi connectivity index (χ0v) is 43.2. The third-order valence-electron chi connectivity index (χ3n) is 13.3. The highest BCUT2D eigenvalue weighted by Gasteiger charge is 2.19. The second-order valence-electron chi connectivity index (χ2n) is 20.3. The van der Waals surface area contributed by atoms with Gasteiger partial charge >= 0.3 is 17.9 Å². The molecule has 0 saturated heterocycles. The number of carbonyl (C=O) groups excluding carboxylic acids is 3. The van der Waals surface area contributed by atoms with Crippen molar-refractivity contribution in [3.05, 3.63) is 0 Å². The van der Waals surface area contributed by atoms with Gasteiger partial charge in [0, 0.05) is 19.3 Å². The molecule has 0 spiro atoms. The summed E-state index contributed by atoms with van der Waals surface area (Å²) in [5, 5.41) is 0. The van der Waals surface area contributed by atoms with E-state index in [1.54, 1.807) is 0 Å². The summed E-state index contributed by atoms with van der Waals surface area (Å²) < 4.78 is 16.9. The molecule has 2 atom stereocenters. The summed E-state index contributed by atoms with van der Waals surface area (Å²) in [5.74, 6) is 0.871. The van der Waals surface area contributed by atoms with Crippen LogP contribution in [-0.2, 0) is 28.6 Å². The summed E-state index contributed by atoms with van der Waals surface area (Å²) in [4.78, 5) is 38.1. The van der Waals surface area contributed by atoms with Crippen LogP contribution in [0.5, 0.6) is 0 Å². The molecular weight excluding hydrogens is 781 g/mol. The van der Waals surface area contributed by atoms with Crippen LogP contribution in [0.25, 0.3) is 0 Å². The Labute approximate surface area is 393 Å². The van der Waals surface area contributed by atoms with Crippen LogP contribution in [0.1, 0.15) is 317 Å². The number of hydrogen-bond acceptors (Lipinski definition) is 6. The maximum Gasteiger partial charge on any atom is 0.306 e. The predicted molar refractivity (Wildman–Crippen MR) is 270 cm³/mol. The van der Waals surface area contributed by atoms with Crippen LogP contribution >= 0.6 is 0 Å². The molecule has 6 heteroatoms. The summed E-state index contributed by atoms with van der Waals surface area (Å²) in [6.07, 6.45) is 52.2. The molecular formula is C57H110O6. The van der Waals surface area contributed by atoms with Crippen molar-refractivity contribution in [2.45, 2.75) is 323 Å². The third-order valence-corrected chi connectivity index (χ3v) is 13.3. The zero-order chi connectivity index (χ0) is 46.1. The van der Waals surface area contributed by atoms with Gasteiger partial charge in [0.15, 0.2) is 6.10 Å². The zero-order valence-electron chi connectivity index (χ0n) is 43.2. The molecule has 0 N–H and O–H groups in total. The Morgan fingerprint density at radius 3 is 0.905 bits per heavy atom. The Kier molecular flexibility index (Phi) is 48.6. The average molecular weight is 892 g/mol. The molecule has 0 radical (unpaired) electrons. The summed E-state index contributed by atoms with van der Waals surface area (Å²) in [6.45, 7) is 11.4. The fraction of sp³-hybridized carbons (Fsp3) is 0.947. The van der Waals surface area contributed by atoms with E-state index in [0.29, 0.717) is 19.3 Å². The molecule has 0 fully saturated rings. The summed E-state index contributed by atoms with van der Waals surface area (Å²) in [7, 11) is 0. The first-order valence-corrected chi connectivity index (χ1v) is 28.3. The van der Waals surface area contributed by atoms with Gasteiger partial charge in [0.2, 0.25) is 0 Å². The monoisotopic (exact) mass is 891 g/mol. The highest BCUT2D eigenvalue weighted by Crippen LogP contribution is 2.18. The summed E-state index contributed by atoms with van der Waals surface area (Å²) in [6, 6.07) is 0. The van der Waals surface area contributed by atoms with E-state index in [1.807, 2.05) is 0 Å². The van der Waals surface area contributed by atoms with Crippen molar-refractivity contribution in [1.82, 2.24) is 0 Å². The largest absolute Gasteiger partial charge is 0.462 e. The normalized spacial score (nSPS) is 12.5. The second-order valence-corrected chi connectivity index (χ2v) is 20.3. The van der Waals surface area contributed by atoms with Gasteiger partial charge in [-0.15, -0.1) is 0 Å². The van der Waals surface area contributed by atoms with E-state index in [9.17, 15) is 14.4 Å². The van der Waals surface area contributed by atoms with Gasteiger partial charge in [-0.25, -0.2) is 0 Å². The molecule has 0 saturated carbocycles. The molecule has 0 amide bonds. The summed E-state index contributed by atoms with van der Waals surface area (Å²) in [5.41, 5.74) is 0. The second kappa shape index (κ2) is 49.8. The van der Waals surface area contributed by atoms with Gasteiger partial charge in [0.05, 0.1) is 0 Å². The van der Waals surface area contributed by atoms with Crippen molar-refractivity contribution in [1.29, 1.82) is 0 Å². The van der Waals surface area contributed by atoms with Crippen LogP contribution in [0.3, 0.4) is 0 Å². The van der Waals surface area contributed by atoms with Gasteiger partial charge in [-0.05, 0) is 31.1 Å². The number of carbonyl (C=O) groups is 3. The third kappa shape index (κ3) is 49.7. The molecule has 0 rings (SSSR count). The maximum atomic E-state index is 12.8. The lowest BCUT2D eigenvalue weighted by Crippen LogP contribution is -2.30. The Hall–Kier alpha value is -1.59.